The Hall–Kier alpha value is -1.87. The Balaban J connectivity index is 2.19. The predicted molar refractivity (Wildman–Crippen MR) is 79.0 cm³/mol. The third kappa shape index (κ3) is 3.32. The first-order chi connectivity index (χ1) is 8.99. The van der Waals surface area contributed by atoms with Crippen LogP contribution in [0.2, 0.25) is 0 Å². The molecule has 0 aliphatic heterocycles. The first-order valence-corrected chi connectivity index (χ1v) is 6.47. The SMILES string of the molecule is CC(C)(CNCC(N)=O)c1ccc2ccccc2c1. The van der Waals surface area contributed by atoms with E-state index in [2.05, 4.69) is 49.5 Å². The van der Waals surface area contributed by atoms with Gasteiger partial charge in [-0.2, -0.15) is 0 Å². The molecule has 2 aromatic rings. The van der Waals surface area contributed by atoms with Gasteiger partial charge in [0.1, 0.15) is 0 Å². The number of nitrogens with two attached hydrogens (primary N) is 1. The maximum atomic E-state index is 10.8. The Morgan fingerprint density at radius 2 is 1.84 bits per heavy atom. The minimum Gasteiger partial charge on any atom is -0.369 e. The lowest BCUT2D eigenvalue weighted by Crippen LogP contribution is -2.37. The van der Waals surface area contributed by atoms with Crippen LogP contribution in [0.4, 0.5) is 0 Å². The van der Waals surface area contributed by atoms with Gasteiger partial charge in [0.05, 0.1) is 6.54 Å². The van der Waals surface area contributed by atoms with Crippen molar-refractivity contribution in [1.82, 2.24) is 5.32 Å². The van der Waals surface area contributed by atoms with E-state index in [4.69, 9.17) is 5.73 Å². The van der Waals surface area contributed by atoms with Crippen LogP contribution in [0.3, 0.4) is 0 Å². The summed E-state index contributed by atoms with van der Waals surface area (Å²) in [7, 11) is 0. The first kappa shape index (κ1) is 13.6. The van der Waals surface area contributed by atoms with Gasteiger partial charge in [0.15, 0.2) is 0 Å². The van der Waals surface area contributed by atoms with Crippen LogP contribution in [0, 0.1) is 0 Å². The van der Waals surface area contributed by atoms with Gasteiger partial charge in [-0.05, 0) is 16.3 Å². The molecular formula is C16H20N2O. The third-order valence-electron chi connectivity index (χ3n) is 3.40. The Bertz CT molecular complexity index is 590. The summed E-state index contributed by atoms with van der Waals surface area (Å²) in [5, 5.41) is 5.58. The highest BCUT2D eigenvalue weighted by molar-refractivity contribution is 5.83. The molecule has 0 spiro atoms. The Labute approximate surface area is 113 Å². The highest BCUT2D eigenvalue weighted by Crippen LogP contribution is 2.26. The van der Waals surface area contributed by atoms with Crippen LogP contribution in [0.25, 0.3) is 10.8 Å². The molecular weight excluding hydrogens is 236 g/mol. The van der Waals surface area contributed by atoms with Gasteiger partial charge in [0, 0.05) is 12.0 Å². The Morgan fingerprint density at radius 1 is 1.16 bits per heavy atom. The van der Waals surface area contributed by atoms with Crippen molar-refractivity contribution < 1.29 is 4.79 Å². The molecule has 2 aromatic carbocycles. The molecule has 0 heterocycles. The van der Waals surface area contributed by atoms with Crippen LogP contribution in [0.5, 0.6) is 0 Å². The normalized spacial score (nSPS) is 11.7. The molecule has 1 amide bonds. The van der Waals surface area contributed by atoms with E-state index in [1.54, 1.807) is 0 Å². The summed E-state index contributed by atoms with van der Waals surface area (Å²) in [6.07, 6.45) is 0. The number of rotatable bonds is 5. The van der Waals surface area contributed by atoms with Crippen LogP contribution in [-0.4, -0.2) is 19.0 Å². The van der Waals surface area contributed by atoms with E-state index in [9.17, 15) is 4.79 Å². The fraction of sp³-hybridized carbons (Fsp3) is 0.312. The van der Waals surface area contributed by atoms with Gasteiger partial charge < -0.3 is 11.1 Å². The third-order valence-corrected chi connectivity index (χ3v) is 3.40. The minimum atomic E-state index is -0.325. The van der Waals surface area contributed by atoms with Crippen LogP contribution in [0.1, 0.15) is 19.4 Å². The summed E-state index contributed by atoms with van der Waals surface area (Å²) in [6, 6.07) is 14.8. The summed E-state index contributed by atoms with van der Waals surface area (Å²) >= 11 is 0. The standard InChI is InChI=1S/C16H20N2O/c1-16(2,11-18-10-15(17)19)14-8-7-12-5-3-4-6-13(12)9-14/h3-9,18H,10-11H2,1-2H3,(H2,17,19). The lowest BCUT2D eigenvalue weighted by molar-refractivity contribution is -0.117. The summed E-state index contributed by atoms with van der Waals surface area (Å²) < 4.78 is 0. The highest BCUT2D eigenvalue weighted by Gasteiger charge is 2.20. The quantitative estimate of drug-likeness (QED) is 0.861. The molecule has 0 aromatic heterocycles. The van der Waals surface area contributed by atoms with Gasteiger partial charge in [0.2, 0.25) is 5.91 Å². The number of nitrogens with one attached hydrogen (secondary N) is 1. The number of amides is 1. The molecule has 2 rings (SSSR count). The lowest BCUT2D eigenvalue weighted by Gasteiger charge is -2.26. The molecule has 0 radical (unpaired) electrons. The Kier molecular flexibility index (Phi) is 3.86. The molecule has 3 N–H and O–H groups in total. The monoisotopic (exact) mass is 256 g/mol. The molecule has 0 aliphatic carbocycles. The van der Waals surface area contributed by atoms with Crippen molar-refractivity contribution in [3.05, 3.63) is 48.0 Å². The number of hydrogen-bond acceptors (Lipinski definition) is 2. The van der Waals surface area contributed by atoms with Crippen molar-refractivity contribution in [2.75, 3.05) is 13.1 Å². The summed E-state index contributed by atoms with van der Waals surface area (Å²) in [5.41, 5.74) is 6.34. The molecule has 0 saturated carbocycles. The fourth-order valence-electron chi connectivity index (χ4n) is 2.21. The number of fused-ring (bicyclic) bond motifs is 1. The smallest absolute Gasteiger partial charge is 0.231 e. The van der Waals surface area contributed by atoms with Crippen molar-refractivity contribution in [2.24, 2.45) is 5.73 Å². The number of benzene rings is 2. The summed E-state index contributed by atoms with van der Waals surface area (Å²) in [5.74, 6) is -0.325. The van der Waals surface area contributed by atoms with Gasteiger partial charge in [-0.15, -0.1) is 0 Å². The second-order valence-corrected chi connectivity index (χ2v) is 5.52. The number of hydrogen-bond donors (Lipinski definition) is 2. The van der Waals surface area contributed by atoms with E-state index >= 15 is 0 Å². The highest BCUT2D eigenvalue weighted by atomic mass is 16.1. The summed E-state index contributed by atoms with van der Waals surface area (Å²) in [4.78, 5) is 10.8. The largest absolute Gasteiger partial charge is 0.369 e. The maximum Gasteiger partial charge on any atom is 0.231 e. The second-order valence-electron chi connectivity index (χ2n) is 5.52. The van der Waals surface area contributed by atoms with E-state index in [-0.39, 0.29) is 17.9 Å². The molecule has 0 unspecified atom stereocenters. The predicted octanol–water partition coefficient (Wildman–Crippen LogP) is 2.19. The van der Waals surface area contributed by atoms with Gasteiger partial charge in [-0.3, -0.25) is 4.79 Å². The molecule has 3 heteroatoms. The average molecular weight is 256 g/mol. The van der Waals surface area contributed by atoms with Crippen LogP contribution < -0.4 is 11.1 Å². The zero-order valence-corrected chi connectivity index (χ0v) is 11.4. The van der Waals surface area contributed by atoms with Crippen LogP contribution in [-0.2, 0) is 10.2 Å². The number of carbonyl (C=O) groups is 1. The maximum absolute atomic E-state index is 10.8. The molecule has 3 nitrogen and oxygen atoms in total. The van der Waals surface area contributed by atoms with Gasteiger partial charge in [-0.1, -0.05) is 56.3 Å². The van der Waals surface area contributed by atoms with Crippen molar-refractivity contribution >= 4 is 16.7 Å². The van der Waals surface area contributed by atoms with Gasteiger partial charge in [0.25, 0.3) is 0 Å². The molecule has 0 atom stereocenters. The van der Waals surface area contributed by atoms with Crippen molar-refractivity contribution in [1.29, 1.82) is 0 Å². The van der Waals surface area contributed by atoms with Crippen molar-refractivity contribution in [3.63, 3.8) is 0 Å². The minimum absolute atomic E-state index is 0.0422. The van der Waals surface area contributed by atoms with Crippen molar-refractivity contribution in [3.8, 4) is 0 Å². The average Bonchev–Trinajstić information content (AvgIpc) is 2.37. The van der Waals surface area contributed by atoms with E-state index < -0.39 is 0 Å². The lowest BCUT2D eigenvalue weighted by atomic mass is 9.83. The molecule has 0 fully saturated rings. The van der Waals surface area contributed by atoms with Gasteiger partial charge >= 0.3 is 0 Å². The van der Waals surface area contributed by atoms with Gasteiger partial charge in [-0.25, -0.2) is 0 Å². The molecule has 100 valence electrons. The molecule has 0 saturated heterocycles. The van der Waals surface area contributed by atoms with E-state index in [1.165, 1.54) is 16.3 Å². The topological polar surface area (TPSA) is 55.1 Å². The first-order valence-electron chi connectivity index (χ1n) is 6.47. The molecule has 19 heavy (non-hydrogen) atoms. The van der Waals surface area contributed by atoms with Crippen LogP contribution >= 0.6 is 0 Å². The fourth-order valence-corrected chi connectivity index (χ4v) is 2.21. The second kappa shape index (κ2) is 5.41. The van der Waals surface area contributed by atoms with Crippen molar-refractivity contribution in [2.45, 2.75) is 19.3 Å². The molecule has 0 bridgehead atoms. The zero-order valence-electron chi connectivity index (χ0n) is 11.4. The number of primary amides is 1. The summed E-state index contributed by atoms with van der Waals surface area (Å²) in [6.45, 7) is 5.25. The molecule has 0 aliphatic rings. The zero-order chi connectivity index (χ0) is 13.9. The Morgan fingerprint density at radius 3 is 2.53 bits per heavy atom. The van der Waals surface area contributed by atoms with E-state index in [0.717, 1.165) is 0 Å². The van der Waals surface area contributed by atoms with E-state index in [0.29, 0.717) is 6.54 Å². The van der Waals surface area contributed by atoms with Crippen LogP contribution in [0.15, 0.2) is 42.5 Å². The van der Waals surface area contributed by atoms with E-state index in [1.807, 2.05) is 12.1 Å². The number of carbonyl (C=O) groups excluding carboxylic acids is 1.